The molecule has 8 heteroatoms. The van der Waals surface area contributed by atoms with E-state index in [2.05, 4.69) is 55.0 Å². The number of hydrogen-bond donors (Lipinski definition) is 3. The number of guanidine groups is 1. The Morgan fingerprint density at radius 1 is 1.11 bits per heavy atom. The smallest absolute Gasteiger partial charge is 0.251 e. The van der Waals surface area contributed by atoms with Crippen LogP contribution in [0.2, 0.25) is 0 Å². The zero-order chi connectivity index (χ0) is 20.4. The van der Waals surface area contributed by atoms with Crippen LogP contribution < -0.4 is 16.0 Å². The highest BCUT2D eigenvalue weighted by Gasteiger charge is 2.05. The van der Waals surface area contributed by atoms with Gasteiger partial charge in [0.1, 0.15) is 0 Å². The fraction of sp³-hybridized carbons (Fsp3) is 0.450. The lowest BCUT2D eigenvalue weighted by molar-refractivity contribution is 0.0953. The molecule has 2 aromatic rings. The first-order valence-electron chi connectivity index (χ1n) is 9.49. The molecule has 7 nitrogen and oxygen atoms in total. The second kappa shape index (κ2) is 11.5. The number of carbonyl (C=O) groups excluding carboxylic acids is 1. The number of nitrogens with zero attached hydrogens (tertiary/aromatic N) is 3. The van der Waals surface area contributed by atoms with Crippen LogP contribution in [0.5, 0.6) is 0 Å². The Bertz CT molecular complexity index is 802. The fourth-order valence-electron chi connectivity index (χ4n) is 2.79. The van der Waals surface area contributed by atoms with Gasteiger partial charge in [-0.15, -0.1) is 0 Å². The van der Waals surface area contributed by atoms with Crippen molar-refractivity contribution in [1.29, 1.82) is 0 Å². The lowest BCUT2D eigenvalue weighted by atomic mass is 10.2. The van der Waals surface area contributed by atoms with Crippen molar-refractivity contribution in [3.63, 3.8) is 0 Å². The molecule has 0 unspecified atom stereocenters. The average molecular weight is 449 g/mol. The quantitative estimate of drug-likeness (QED) is 0.312. The van der Waals surface area contributed by atoms with E-state index in [1.165, 1.54) is 5.69 Å². The molecular formula is C20H29BrN6O. The van der Waals surface area contributed by atoms with Gasteiger partial charge < -0.3 is 16.0 Å². The SMILES string of the molecule is CN=C(NCCCNC(=O)c1cccc(Br)c1)NCCCn1nc(C)cc1C. The summed E-state index contributed by atoms with van der Waals surface area (Å²) in [7, 11) is 1.76. The molecule has 0 bridgehead atoms. The van der Waals surface area contributed by atoms with Gasteiger partial charge in [-0.1, -0.05) is 22.0 Å². The van der Waals surface area contributed by atoms with E-state index in [1.54, 1.807) is 13.1 Å². The van der Waals surface area contributed by atoms with Crippen LogP contribution in [0.3, 0.4) is 0 Å². The summed E-state index contributed by atoms with van der Waals surface area (Å²) in [4.78, 5) is 16.3. The number of carbonyl (C=O) groups is 1. The van der Waals surface area contributed by atoms with Crippen LogP contribution in [0.15, 0.2) is 39.8 Å². The van der Waals surface area contributed by atoms with Crippen molar-refractivity contribution in [2.24, 2.45) is 4.99 Å². The summed E-state index contributed by atoms with van der Waals surface area (Å²) in [6, 6.07) is 9.45. The monoisotopic (exact) mass is 448 g/mol. The molecule has 0 saturated heterocycles. The molecule has 0 spiro atoms. The van der Waals surface area contributed by atoms with E-state index in [-0.39, 0.29) is 5.91 Å². The summed E-state index contributed by atoms with van der Waals surface area (Å²) in [5.74, 6) is 0.708. The maximum atomic E-state index is 12.1. The number of aryl methyl sites for hydroxylation is 3. The Morgan fingerprint density at radius 3 is 2.46 bits per heavy atom. The van der Waals surface area contributed by atoms with Gasteiger partial charge in [-0.3, -0.25) is 14.5 Å². The predicted octanol–water partition coefficient (Wildman–Crippen LogP) is 2.64. The molecule has 0 fully saturated rings. The fourth-order valence-corrected chi connectivity index (χ4v) is 3.19. The van der Waals surface area contributed by atoms with Crippen LogP contribution in [0.25, 0.3) is 0 Å². The highest BCUT2D eigenvalue weighted by Crippen LogP contribution is 2.11. The molecule has 1 aromatic heterocycles. The number of nitrogens with one attached hydrogen (secondary N) is 3. The Labute approximate surface area is 175 Å². The van der Waals surface area contributed by atoms with E-state index in [0.29, 0.717) is 12.1 Å². The van der Waals surface area contributed by atoms with E-state index in [0.717, 1.165) is 48.6 Å². The first kappa shape index (κ1) is 21.9. The van der Waals surface area contributed by atoms with Crippen molar-refractivity contribution in [3.8, 4) is 0 Å². The third kappa shape index (κ3) is 7.34. The molecule has 152 valence electrons. The summed E-state index contributed by atoms with van der Waals surface area (Å²) in [5, 5.41) is 14.0. The number of aromatic nitrogens is 2. The molecule has 0 saturated carbocycles. The lowest BCUT2D eigenvalue weighted by Crippen LogP contribution is -2.39. The standard InChI is InChI=1S/C20H29BrN6O/c1-15-13-16(2)27(26-15)12-6-11-25-20(22-3)24-10-5-9-23-19(28)17-7-4-8-18(21)14-17/h4,7-8,13-14H,5-6,9-12H2,1-3H3,(H,23,28)(H2,22,24,25). The van der Waals surface area contributed by atoms with Gasteiger partial charge in [-0.25, -0.2) is 0 Å². The summed E-state index contributed by atoms with van der Waals surface area (Å²) < 4.78 is 2.93. The molecule has 28 heavy (non-hydrogen) atoms. The highest BCUT2D eigenvalue weighted by molar-refractivity contribution is 9.10. The van der Waals surface area contributed by atoms with Crippen LogP contribution in [0, 0.1) is 13.8 Å². The molecule has 1 aromatic carbocycles. The molecule has 2 rings (SSSR count). The van der Waals surface area contributed by atoms with E-state index in [1.807, 2.05) is 29.8 Å². The third-order valence-electron chi connectivity index (χ3n) is 4.18. The topological polar surface area (TPSA) is 83.3 Å². The van der Waals surface area contributed by atoms with Crippen molar-refractivity contribution in [3.05, 3.63) is 51.8 Å². The minimum atomic E-state index is -0.0621. The summed E-state index contributed by atoms with van der Waals surface area (Å²) in [6.07, 6.45) is 1.78. The van der Waals surface area contributed by atoms with Gasteiger partial charge in [0.15, 0.2) is 5.96 Å². The molecule has 3 N–H and O–H groups in total. The van der Waals surface area contributed by atoms with Gasteiger partial charge in [0.25, 0.3) is 5.91 Å². The van der Waals surface area contributed by atoms with E-state index in [4.69, 9.17) is 0 Å². The van der Waals surface area contributed by atoms with Gasteiger partial charge >= 0.3 is 0 Å². The number of benzene rings is 1. The van der Waals surface area contributed by atoms with Crippen LogP contribution >= 0.6 is 15.9 Å². The van der Waals surface area contributed by atoms with Gasteiger partial charge in [0, 0.05) is 49.0 Å². The first-order chi connectivity index (χ1) is 13.5. The minimum absolute atomic E-state index is 0.0621. The van der Waals surface area contributed by atoms with E-state index in [9.17, 15) is 4.79 Å². The lowest BCUT2D eigenvalue weighted by Gasteiger charge is -2.12. The molecule has 0 radical (unpaired) electrons. The maximum Gasteiger partial charge on any atom is 0.251 e. The Morgan fingerprint density at radius 2 is 1.82 bits per heavy atom. The predicted molar refractivity (Wildman–Crippen MR) is 117 cm³/mol. The van der Waals surface area contributed by atoms with E-state index < -0.39 is 0 Å². The summed E-state index contributed by atoms with van der Waals surface area (Å²) in [5.41, 5.74) is 2.89. The van der Waals surface area contributed by atoms with Crippen LogP contribution in [-0.2, 0) is 6.54 Å². The van der Waals surface area contributed by atoms with Gasteiger partial charge in [-0.05, 0) is 51.0 Å². The Hall–Kier alpha value is -2.35. The molecule has 0 aliphatic rings. The second-order valence-corrected chi connectivity index (χ2v) is 7.47. The number of hydrogen-bond acceptors (Lipinski definition) is 3. The largest absolute Gasteiger partial charge is 0.356 e. The molecule has 0 aliphatic heterocycles. The zero-order valence-electron chi connectivity index (χ0n) is 16.8. The average Bonchev–Trinajstić information content (AvgIpc) is 3.00. The van der Waals surface area contributed by atoms with Crippen molar-refractivity contribution >= 4 is 27.8 Å². The van der Waals surface area contributed by atoms with Crippen molar-refractivity contribution < 1.29 is 4.79 Å². The highest BCUT2D eigenvalue weighted by atomic mass is 79.9. The second-order valence-electron chi connectivity index (χ2n) is 6.55. The van der Waals surface area contributed by atoms with Gasteiger partial charge in [-0.2, -0.15) is 5.10 Å². The number of aliphatic imine (C=N–C) groups is 1. The van der Waals surface area contributed by atoms with E-state index >= 15 is 0 Å². The van der Waals surface area contributed by atoms with Crippen LogP contribution in [0.4, 0.5) is 0 Å². The third-order valence-corrected chi connectivity index (χ3v) is 4.68. The number of amides is 1. The van der Waals surface area contributed by atoms with Crippen molar-refractivity contribution in [2.45, 2.75) is 33.2 Å². The molecule has 1 heterocycles. The van der Waals surface area contributed by atoms with Crippen molar-refractivity contribution in [2.75, 3.05) is 26.7 Å². The Kier molecular flexibility index (Phi) is 9.00. The molecule has 1 amide bonds. The first-order valence-corrected chi connectivity index (χ1v) is 10.3. The molecular weight excluding hydrogens is 420 g/mol. The molecule has 0 atom stereocenters. The zero-order valence-corrected chi connectivity index (χ0v) is 18.3. The summed E-state index contributed by atoms with van der Waals surface area (Å²) in [6.45, 7) is 7.12. The number of halogens is 1. The van der Waals surface area contributed by atoms with Gasteiger partial charge in [0.2, 0.25) is 0 Å². The van der Waals surface area contributed by atoms with Gasteiger partial charge in [0.05, 0.1) is 5.69 Å². The summed E-state index contributed by atoms with van der Waals surface area (Å²) >= 11 is 3.38. The van der Waals surface area contributed by atoms with Crippen LogP contribution in [-0.4, -0.2) is 48.3 Å². The minimum Gasteiger partial charge on any atom is -0.356 e. The number of rotatable bonds is 9. The van der Waals surface area contributed by atoms with Crippen LogP contribution in [0.1, 0.15) is 34.6 Å². The van der Waals surface area contributed by atoms with Crippen molar-refractivity contribution in [1.82, 2.24) is 25.7 Å². The molecule has 0 aliphatic carbocycles. The normalized spacial score (nSPS) is 11.4. The Balaban J connectivity index is 1.58. The maximum absolute atomic E-state index is 12.1.